The third-order valence-electron chi connectivity index (χ3n) is 2.94. The lowest BCUT2D eigenvalue weighted by atomic mass is 10.0. The number of carbonyl (C=O) groups excluding carboxylic acids is 1. The highest BCUT2D eigenvalue weighted by Gasteiger charge is 2.22. The second-order valence-electron chi connectivity index (χ2n) is 4.26. The molecule has 4 heteroatoms. The van der Waals surface area contributed by atoms with Crippen molar-refractivity contribution in [2.45, 2.75) is 13.3 Å². The van der Waals surface area contributed by atoms with Gasteiger partial charge in [0, 0.05) is 37.0 Å². The van der Waals surface area contributed by atoms with Gasteiger partial charge in [0.15, 0.2) is 0 Å². The topological polar surface area (TPSA) is 32.3 Å². The monoisotopic (exact) mass is 238 g/mol. The maximum atomic E-state index is 12.1. The van der Waals surface area contributed by atoms with Crippen molar-refractivity contribution >= 4 is 17.2 Å². The zero-order chi connectivity index (χ0) is 11.4. The fraction of sp³-hybridized carbons (Fsp3) is 0.583. The highest BCUT2D eigenvalue weighted by Crippen LogP contribution is 2.16. The fourth-order valence-electron chi connectivity index (χ4n) is 2.01. The lowest BCUT2D eigenvalue weighted by molar-refractivity contribution is -0.135. The van der Waals surface area contributed by atoms with Crippen LogP contribution in [0.2, 0.25) is 0 Å². The first-order valence-electron chi connectivity index (χ1n) is 5.79. The molecule has 88 valence electrons. The Kier molecular flexibility index (Phi) is 3.96. The third-order valence-corrected chi connectivity index (χ3v) is 3.84. The minimum atomic E-state index is 0.108. The molecular formula is C12H18N2OS. The van der Waals surface area contributed by atoms with Crippen molar-refractivity contribution < 1.29 is 4.79 Å². The molecule has 1 aliphatic heterocycles. The molecule has 1 aromatic heterocycles. The Morgan fingerprint density at radius 3 is 2.94 bits per heavy atom. The van der Waals surface area contributed by atoms with E-state index in [1.807, 2.05) is 17.9 Å². The molecule has 1 atom stereocenters. The molecule has 0 saturated carbocycles. The van der Waals surface area contributed by atoms with E-state index in [1.54, 1.807) is 11.3 Å². The average Bonchev–Trinajstić information content (AvgIpc) is 2.82. The molecule has 2 rings (SSSR count). The first-order chi connectivity index (χ1) is 7.77. The van der Waals surface area contributed by atoms with Crippen molar-refractivity contribution in [3.8, 4) is 0 Å². The Morgan fingerprint density at radius 2 is 2.31 bits per heavy atom. The predicted molar refractivity (Wildman–Crippen MR) is 66.6 cm³/mol. The van der Waals surface area contributed by atoms with Crippen molar-refractivity contribution in [3.05, 3.63) is 22.4 Å². The Balaban J connectivity index is 1.88. The second-order valence-corrected chi connectivity index (χ2v) is 5.29. The first-order valence-corrected chi connectivity index (χ1v) is 6.67. The summed E-state index contributed by atoms with van der Waals surface area (Å²) in [5.74, 6) is 0.409. The average molecular weight is 238 g/mol. The van der Waals surface area contributed by atoms with Crippen LogP contribution in [0.4, 0.5) is 0 Å². The molecule has 2 heterocycles. The van der Waals surface area contributed by atoms with E-state index in [1.165, 1.54) is 4.88 Å². The smallest absolute Gasteiger partial charge is 0.225 e. The van der Waals surface area contributed by atoms with E-state index in [-0.39, 0.29) is 5.92 Å². The first kappa shape index (κ1) is 11.6. The maximum Gasteiger partial charge on any atom is 0.225 e. The number of nitrogens with one attached hydrogen (secondary N) is 1. The van der Waals surface area contributed by atoms with Crippen molar-refractivity contribution in [1.29, 1.82) is 0 Å². The Hall–Kier alpha value is -0.870. The van der Waals surface area contributed by atoms with Gasteiger partial charge < -0.3 is 10.2 Å². The van der Waals surface area contributed by atoms with Crippen LogP contribution in [0.1, 0.15) is 11.8 Å². The number of rotatable bonds is 3. The molecule has 1 amide bonds. The van der Waals surface area contributed by atoms with Crippen LogP contribution in [-0.2, 0) is 11.2 Å². The zero-order valence-electron chi connectivity index (χ0n) is 9.61. The molecule has 0 spiro atoms. The molecule has 1 unspecified atom stereocenters. The largest absolute Gasteiger partial charge is 0.340 e. The van der Waals surface area contributed by atoms with Gasteiger partial charge in [0.25, 0.3) is 0 Å². The zero-order valence-corrected chi connectivity index (χ0v) is 10.4. The van der Waals surface area contributed by atoms with Gasteiger partial charge in [0.05, 0.1) is 0 Å². The standard InChI is InChI=1S/C12H18N2OS/c1-10(9-11-3-2-8-16-11)12(15)14-6-4-13-5-7-14/h2-3,8,10,13H,4-7,9H2,1H3. The van der Waals surface area contributed by atoms with Gasteiger partial charge >= 0.3 is 0 Å². The Bertz CT molecular complexity index is 331. The van der Waals surface area contributed by atoms with Crippen molar-refractivity contribution in [3.63, 3.8) is 0 Å². The van der Waals surface area contributed by atoms with Crippen LogP contribution in [0.5, 0.6) is 0 Å². The van der Waals surface area contributed by atoms with Crippen LogP contribution in [0.25, 0.3) is 0 Å². The van der Waals surface area contributed by atoms with Gasteiger partial charge in [0.1, 0.15) is 0 Å². The highest BCUT2D eigenvalue weighted by atomic mass is 32.1. The molecule has 16 heavy (non-hydrogen) atoms. The van der Waals surface area contributed by atoms with Crippen molar-refractivity contribution in [1.82, 2.24) is 10.2 Å². The van der Waals surface area contributed by atoms with Crippen LogP contribution in [0, 0.1) is 5.92 Å². The lowest BCUT2D eigenvalue weighted by Crippen LogP contribution is -2.48. The number of hydrogen-bond acceptors (Lipinski definition) is 3. The molecule has 3 nitrogen and oxygen atoms in total. The van der Waals surface area contributed by atoms with E-state index < -0.39 is 0 Å². The van der Waals surface area contributed by atoms with Crippen molar-refractivity contribution in [2.24, 2.45) is 5.92 Å². The van der Waals surface area contributed by atoms with Crippen LogP contribution >= 0.6 is 11.3 Å². The minimum Gasteiger partial charge on any atom is -0.340 e. The summed E-state index contributed by atoms with van der Waals surface area (Å²) < 4.78 is 0. The Labute approximate surface area is 100 Å². The fourth-order valence-corrected chi connectivity index (χ4v) is 2.85. The summed E-state index contributed by atoms with van der Waals surface area (Å²) >= 11 is 1.73. The number of amides is 1. The molecule has 0 aliphatic carbocycles. The van der Waals surface area contributed by atoms with Gasteiger partial charge in [-0.05, 0) is 17.9 Å². The molecular weight excluding hydrogens is 220 g/mol. The molecule has 1 aromatic rings. The maximum absolute atomic E-state index is 12.1. The number of nitrogens with zero attached hydrogens (tertiary/aromatic N) is 1. The van der Waals surface area contributed by atoms with Gasteiger partial charge in [0.2, 0.25) is 5.91 Å². The molecule has 1 aliphatic rings. The van der Waals surface area contributed by atoms with Gasteiger partial charge in [-0.3, -0.25) is 4.79 Å². The van der Waals surface area contributed by atoms with Gasteiger partial charge in [-0.25, -0.2) is 0 Å². The molecule has 0 aromatic carbocycles. The summed E-state index contributed by atoms with van der Waals surface area (Å²) in [6, 6.07) is 4.15. The lowest BCUT2D eigenvalue weighted by Gasteiger charge is -2.29. The molecule has 0 radical (unpaired) electrons. The van der Waals surface area contributed by atoms with Crippen LogP contribution < -0.4 is 5.32 Å². The van der Waals surface area contributed by atoms with E-state index in [0.717, 1.165) is 32.6 Å². The van der Waals surface area contributed by atoms with E-state index in [4.69, 9.17) is 0 Å². The number of thiophene rings is 1. The van der Waals surface area contributed by atoms with Crippen molar-refractivity contribution in [2.75, 3.05) is 26.2 Å². The van der Waals surface area contributed by atoms with Gasteiger partial charge in [-0.1, -0.05) is 13.0 Å². The molecule has 0 bridgehead atoms. The number of carbonyl (C=O) groups is 1. The molecule has 1 fully saturated rings. The van der Waals surface area contributed by atoms with Crippen LogP contribution in [0.3, 0.4) is 0 Å². The summed E-state index contributed by atoms with van der Waals surface area (Å²) in [7, 11) is 0. The van der Waals surface area contributed by atoms with E-state index in [2.05, 4.69) is 16.8 Å². The molecule has 1 saturated heterocycles. The highest BCUT2D eigenvalue weighted by molar-refractivity contribution is 7.09. The molecule has 1 N–H and O–H groups in total. The minimum absolute atomic E-state index is 0.108. The Morgan fingerprint density at radius 1 is 1.56 bits per heavy atom. The summed E-state index contributed by atoms with van der Waals surface area (Å²) in [5.41, 5.74) is 0. The summed E-state index contributed by atoms with van der Waals surface area (Å²) in [4.78, 5) is 15.4. The van der Waals surface area contributed by atoms with Crippen LogP contribution in [0.15, 0.2) is 17.5 Å². The van der Waals surface area contributed by atoms with Gasteiger partial charge in [-0.15, -0.1) is 11.3 Å². The third kappa shape index (κ3) is 2.83. The number of hydrogen-bond donors (Lipinski definition) is 1. The second kappa shape index (κ2) is 5.46. The van der Waals surface area contributed by atoms with Gasteiger partial charge in [-0.2, -0.15) is 0 Å². The normalized spacial score (nSPS) is 18.4. The quantitative estimate of drug-likeness (QED) is 0.862. The van der Waals surface area contributed by atoms with E-state index in [0.29, 0.717) is 5.91 Å². The summed E-state index contributed by atoms with van der Waals surface area (Å²) in [6.45, 7) is 5.60. The van der Waals surface area contributed by atoms with Crippen LogP contribution in [-0.4, -0.2) is 37.0 Å². The van der Waals surface area contributed by atoms with E-state index >= 15 is 0 Å². The summed E-state index contributed by atoms with van der Waals surface area (Å²) in [6.07, 6.45) is 0.875. The summed E-state index contributed by atoms with van der Waals surface area (Å²) in [5, 5.41) is 5.33. The van der Waals surface area contributed by atoms with E-state index in [9.17, 15) is 4.79 Å². The predicted octanol–water partition coefficient (Wildman–Crippen LogP) is 1.36. The number of piperazine rings is 1. The SMILES string of the molecule is CC(Cc1cccs1)C(=O)N1CCNCC1.